The molecule has 3 rings (SSSR count). The first-order valence-electron chi connectivity index (χ1n) is 8.42. The molecule has 27 heavy (non-hydrogen) atoms. The molecule has 0 aliphatic carbocycles. The summed E-state index contributed by atoms with van der Waals surface area (Å²) in [7, 11) is 0. The van der Waals surface area contributed by atoms with Crippen molar-refractivity contribution in [2.45, 2.75) is 6.92 Å². The van der Waals surface area contributed by atoms with E-state index in [0.717, 1.165) is 5.56 Å². The molecule has 0 radical (unpaired) electrons. The van der Waals surface area contributed by atoms with E-state index in [1.807, 2.05) is 37.4 Å². The second-order valence-corrected chi connectivity index (χ2v) is 6.09. The molecule has 2 aromatic heterocycles. The van der Waals surface area contributed by atoms with Crippen LogP contribution in [-0.2, 0) is 4.79 Å². The summed E-state index contributed by atoms with van der Waals surface area (Å²) in [4.78, 5) is 20.6. The molecule has 0 saturated heterocycles. The number of rotatable bonds is 7. The number of aryl methyl sites for hydroxylation is 1. The molecule has 0 aliphatic heterocycles. The largest absolute Gasteiger partial charge is 0.368 e. The molecule has 0 fully saturated rings. The highest BCUT2D eigenvalue weighted by Gasteiger charge is 2.04. The van der Waals surface area contributed by atoms with Gasteiger partial charge in [-0.15, -0.1) is 0 Å². The third-order valence-corrected chi connectivity index (χ3v) is 3.96. The average molecular weight is 383 g/mol. The first-order valence-corrected chi connectivity index (χ1v) is 8.79. The van der Waals surface area contributed by atoms with Crippen LogP contribution in [0.25, 0.3) is 11.9 Å². The standard InChI is InChI=1S/C19H19ClN6O/c1-14-24-17(13-18(25-14)26-12-4-9-23-26)21-10-11-22-19(27)8-7-15-5-2-3-6-16(15)20/h2-9,12-13H,10-11H2,1H3,(H,22,27)(H,21,24,25)/b8-7+. The third-order valence-electron chi connectivity index (χ3n) is 3.61. The van der Waals surface area contributed by atoms with Crippen molar-refractivity contribution in [1.82, 2.24) is 25.1 Å². The van der Waals surface area contributed by atoms with Gasteiger partial charge < -0.3 is 10.6 Å². The van der Waals surface area contributed by atoms with E-state index in [9.17, 15) is 4.79 Å². The first kappa shape index (κ1) is 18.6. The van der Waals surface area contributed by atoms with Gasteiger partial charge in [0, 0.05) is 42.6 Å². The molecule has 0 spiro atoms. The third kappa shape index (κ3) is 5.39. The maximum atomic E-state index is 11.9. The fourth-order valence-electron chi connectivity index (χ4n) is 2.38. The number of carbonyl (C=O) groups is 1. The van der Waals surface area contributed by atoms with Crippen molar-refractivity contribution in [3.05, 3.63) is 71.3 Å². The van der Waals surface area contributed by atoms with Gasteiger partial charge in [-0.25, -0.2) is 14.6 Å². The van der Waals surface area contributed by atoms with E-state index in [2.05, 4.69) is 25.7 Å². The van der Waals surface area contributed by atoms with E-state index >= 15 is 0 Å². The maximum Gasteiger partial charge on any atom is 0.244 e. The predicted molar refractivity (Wildman–Crippen MR) is 106 cm³/mol. The number of anilines is 1. The van der Waals surface area contributed by atoms with Crippen molar-refractivity contribution >= 4 is 29.4 Å². The van der Waals surface area contributed by atoms with Crippen LogP contribution >= 0.6 is 11.6 Å². The van der Waals surface area contributed by atoms with Crippen molar-refractivity contribution < 1.29 is 4.79 Å². The van der Waals surface area contributed by atoms with E-state index < -0.39 is 0 Å². The topological polar surface area (TPSA) is 84.7 Å². The average Bonchev–Trinajstić information content (AvgIpc) is 3.19. The second-order valence-electron chi connectivity index (χ2n) is 5.68. The van der Waals surface area contributed by atoms with Gasteiger partial charge in [0.2, 0.25) is 5.91 Å². The van der Waals surface area contributed by atoms with Crippen LogP contribution in [0.5, 0.6) is 0 Å². The number of hydrogen-bond donors (Lipinski definition) is 2. The minimum absolute atomic E-state index is 0.187. The molecule has 138 valence electrons. The van der Waals surface area contributed by atoms with Crippen LogP contribution in [0.3, 0.4) is 0 Å². The van der Waals surface area contributed by atoms with E-state index in [-0.39, 0.29) is 5.91 Å². The van der Waals surface area contributed by atoms with Crippen LogP contribution in [0.2, 0.25) is 5.02 Å². The van der Waals surface area contributed by atoms with Gasteiger partial charge in [0.15, 0.2) is 5.82 Å². The molecule has 0 atom stereocenters. The molecule has 0 bridgehead atoms. The molecular formula is C19H19ClN6O. The Bertz CT molecular complexity index is 939. The molecule has 2 heterocycles. The summed E-state index contributed by atoms with van der Waals surface area (Å²) in [5.41, 5.74) is 0.801. The smallest absolute Gasteiger partial charge is 0.244 e. The number of halogens is 1. The van der Waals surface area contributed by atoms with Gasteiger partial charge in [-0.3, -0.25) is 4.79 Å². The summed E-state index contributed by atoms with van der Waals surface area (Å²) in [6, 6.07) is 11.0. The lowest BCUT2D eigenvalue weighted by Gasteiger charge is -2.09. The Morgan fingerprint density at radius 1 is 1.22 bits per heavy atom. The van der Waals surface area contributed by atoms with Gasteiger partial charge in [-0.2, -0.15) is 5.10 Å². The Morgan fingerprint density at radius 2 is 2.07 bits per heavy atom. The highest BCUT2D eigenvalue weighted by molar-refractivity contribution is 6.32. The Kier molecular flexibility index (Phi) is 6.17. The lowest BCUT2D eigenvalue weighted by molar-refractivity contribution is -0.116. The molecule has 1 amide bonds. The Labute approximate surface area is 162 Å². The summed E-state index contributed by atoms with van der Waals surface area (Å²) < 4.78 is 1.67. The number of nitrogens with one attached hydrogen (secondary N) is 2. The summed E-state index contributed by atoms with van der Waals surface area (Å²) in [5.74, 6) is 1.81. The Balaban J connectivity index is 1.49. The van der Waals surface area contributed by atoms with E-state index in [0.29, 0.717) is 35.6 Å². The van der Waals surface area contributed by atoms with Gasteiger partial charge in [-0.05, 0) is 30.7 Å². The summed E-state index contributed by atoms with van der Waals surface area (Å²) >= 11 is 6.05. The highest BCUT2D eigenvalue weighted by Crippen LogP contribution is 2.16. The van der Waals surface area contributed by atoms with Crippen molar-refractivity contribution in [2.24, 2.45) is 0 Å². The number of carbonyl (C=O) groups excluding carboxylic acids is 1. The minimum atomic E-state index is -0.187. The van der Waals surface area contributed by atoms with Gasteiger partial charge >= 0.3 is 0 Å². The molecular weight excluding hydrogens is 364 g/mol. The van der Waals surface area contributed by atoms with Crippen molar-refractivity contribution in [3.63, 3.8) is 0 Å². The molecule has 1 aromatic carbocycles. The molecule has 0 aliphatic rings. The zero-order valence-corrected chi connectivity index (χ0v) is 15.5. The van der Waals surface area contributed by atoms with Crippen molar-refractivity contribution in [3.8, 4) is 5.82 Å². The molecule has 2 N–H and O–H groups in total. The first-order chi connectivity index (χ1) is 13.1. The molecule has 7 nitrogen and oxygen atoms in total. The van der Waals surface area contributed by atoms with Crippen LogP contribution in [0.15, 0.2) is 54.9 Å². The fraction of sp³-hybridized carbons (Fsp3) is 0.158. The van der Waals surface area contributed by atoms with E-state index in [1.165, 1.54) is 6.08 Å². The lowest BCUT2D eigenvalue weighted by atomic mass is 10.2. The Hall–Kier alpha value is -3.19. The molecule has 3 aromatic rings. The van der Waals surface area contributed by atoms with Crippen molar-refractivity contribution in [2.75, 3.05) is 18.4 Å². The van der Waals surface area contributed by atoms with Gasteiger partial charge in [-0.1, -0.05) is 29.8 Å². The minimum Gasteiger partial charge on any atom is -0.368 e. The second kappa shape index (κ2) is 8.95. The normalized spacial score (nSPS) is 10.9. The fourth-order valence-corrected chi connectivity index (χ4v) is 2.57. The van der Waals surface area contributed by atoms with E-state index in [1.54, 1.807) is 29.1 Å². The number of benzene rings is 1. The number of aromatic nitrogens is 4. The highest BCUT2D eigenvalue weighted by atomic mass is 35.5. The predicted octanol–water partition coefficient (Wildman–Crippen LogP) is 2.87. The lowest BCUT2D eigenvalue weighted by Crippen LogP contribution is -2.27. The number of nitrogens with zero attached hydrogens (tertiary/aromatic N) is 4. The monoisotopic (exact) mass is 382 g/mol. The van der Waals surface area contributed by atoms with Crippen LogP contribution in [-0.4, -0.2) is 38.7 Å². The zero-order chi connectivity index (χ0) is 19.1. The summed E-state index contributed by atoms with van der Waals surface area (Å²) in [6.07, 6.45) is 6.66. The molecule has 0 saturated carbocycles. The van der Waals surface area contributed by atoms with Crippen LogP contribution in [0, 0.1) is 6.92 Å². The van der Waals surface area contributed by atoms with Crippen LogP contribution in [0.1, 0.15) is 11.4 Å². The molecule has 8 heteroatoms. The van der Waals surface area contributed by atoms with Crippen molar-refractivity contribution in [1.29, 1.82) is 0 Å². The molecule has 0 unspecified atom stereocenters. The van der Waals surface area contributed by atoms with E-state index in [4.69, 9.17) is 11.6 Å². The maximum absolute atomic E-state index is 11.9. The zero-order valence-electron chi connectivity index (χ0n) is 14.8. The quantitative estimate of drug-likeness (QED) is 0.485. The SMILES string of the molecule is Cc1nc(NCCNC(=O)/C=C/c2ccccc2Cl)cc(-n2cccn2)n1. The van der Waals surface area contributed by atoms with Crippen LogP contribution in [0.4, 0.5) is 5.82 Å². The van der Waals surface area contributed by atoms with Gasteiger partial charge in [0.05, 0.1) is 0 Å². The van der Waals surface area contributed by atoms with Gasteiger partial charge in [0.1, 0.15) is 11.6 Å². The summed E-state index contributed by atoms with van der Waals surface area (Å²) in [5, 5.41) is 10.8. The summed E-state index contributed by atoms with van der Waals surface area (Å²) in [6.45, 7) is 2.80. The Morgan fingerprint density at radius 3 is 2.85 bits per heavy atom. The van der Waals surface area contributed by atoms with Gasteiger partial charge in [0.25, 0.3) is 0 Å². The number of amides is 1. The van der Waals surface area contributed by atoms with Crippen LogP contribution < -0.4 is 10.6 Å². The number of hydrogen-bond acceptors (Lipinski definition) is 5.